The van der Waals surface area contributed by atoms with Gasteiger partial charge >= 0.3 is 0 Å². The molecule has 0 aliphatic heterocycles. The third-order valence-corrected chi connectivity index (χ3v) is 1.78. The van der Waals surface area contributed by atoms with Crippen LogP contribution in [0.15, 0.2) is 23.8 Å². The van der Waals surface area contributed by atoms with E-state index >= 15 is 0 Å². The number of aliphatic hydroxyl groups excluding tert-OH is 1. The lowest BCUT2D eigenvalue weighted by molar-refractivity contribution is 0.246. The normalized spacial score (nSPS) is 26.0. The fourth-order valence-electron chi connectivity index (χ4n) is 1.00. The maximum atomic E-state index is 8.79. The smallest absolute Gasteiger partial charge is 0.0499 e. The van der Waals surface area contributed by atoms with Gasteiger partial charge < -0.3 is 5.11 Å². The maximum absolute atomic E-state index is 8.79. The summed E-state index contributed by atoms with van der Waals surface area (Å²) < 4.78 is 0. The zero-order valence-electron chi connectivity index (χ0n) is 5.67. The topological polar surface area (TPSA) is 20.2 Å². The number of hydrogen-bond acceptors (Lipinski definition) is 1. The molecule has 0 saturated heterocycles. The number of aliphatic hydroxyl groups is 1. The van der Waals surface area contributed by atoms with Crippen LogP contribution >= 0.6 is 0 Å². The SMILES string of the molecule is CC1=CC=CCC1CO. The molecule has 0 amide bonds. The summed E-state index contributed by atoms with van der Waals surface area (Å²) in [4.78, 5) is 0. The van der Waals surface area contributed by atoms with Crippen LogP contribution in [-0.2, 0) is 0 Å². The lowest BCUT2D eigenvalue weighted by Crippen LogP contribution is -2.07. The largest absolute Gasteiger partial charge is 0.396 e. The van der Waals surface area contributed by atoms with Crippen molar-refractivity contribution < 1.29 is 5.11 Å². The molecule has 0 heterocycles. The minimum atomic E-state index is 0.284. The van der Waals surface area contributed by atoms with Crippen LogP contribution in [0.3, 0.4) is 0 Å². The van der Waals surface area contributed by atoms with Gasteiger partial charge in [-0.1, -0.05) is 23.8 Å². The van der Waals surface area contributed by atoms with Crippen LogP contribution in [0.2, 0.25) is 0 Å². The van der Waals surface area contributed by atoms with Gasteiger partial charge in [0.15, 0.2) is 0 Å². The first kappa shape index (κ1) is 6.56. The summed E-state index contributed by atoms with van der Waals surface area (Å²) in [6.45, 7) is 2.34. The molecule has 0 aromatic carbocycles. The highest BCUT2D eigenvalue weighted by Crippen LogP contribution is 2.18. The molecule has 1 unspecified atom stereocenters. The molecule has 0 saturated carbocycles. The van der Waals surface area contributed by atoms with Gasteiger partial charge in [-0.2, -0.15) is 0 Å². The van der Waals surface area contributed by atoms with Crippen LogP contribution in [-0.4, -0.2) is 11.7 Å². The van der Waals surface area contributed by atoms with Crippen LogP contribution < -0.4 is 0 Å². The maximum Gasteiger partial charge on any atom is 0.0499 e. The zero-order chi connectivity index (χ0) is 6.69. The number of allylic oxidation sites excluding steroid dienone is 3. The third-order valence-electron chi connectivity index (χ3n) is 1.78. The van der Waals surface area contributed by atoms with E-state index in [-0.39, 0.29) is 6.61 Å². The van der Waals surface area contributed by atoms with E-state index in [1.807, 2.05) is 6.08 Å². The third kappa shape index (κ3) is 1.42. The van der Waals surface area contributed by atoms with Crippen molar-refractivity contribution in [2.24, 2.45) is 5.92 Å². The molecule has 0 radical (unpaired) electrons. The van der Waals surface area contributed by atoms with E-state index in [4.69, 9.17) is 5.11 Å². The van der Waals surface area contributed by atoms with Gasteiger partial charge in [-0.05, 0) is 13.3 Å². The molecule has 0 aromatic heterocycles. The minimum absolute atomic E-state index is 0.284. The molecule has 1 aliphatic rings. The molecule has 0 aromatic rings. The lowest BCUT2D eigenvalue weighted by atomic mass is 9.94. The Morgan fingerprint density at radius 1 is 1.78 bits per heavy atom. The fraction of sp³-hybridized carbons (Fsp3) is 0.500. The molecule has 1 aliphatic carbocycles. The summed E-state index contributed by atoms with van der Waals surface area (Å²) in [5, 5.41) is 8.79. The standard InChI is InChI=1S/C8H12O/c1-7-4-2-3-5-8(7)6-9/h2-4,8-9H,5-6H2,1H3. The molecule has 1 nitrogen and oxygen atoms in total. The van der Waals surface area contributed by atoms with Crippen molar-refractivity contribution in [3.05, 3.63) is 23.8 Å². The molecule has 9 heavy (non-hydrogen) atoms. The Hall–Kier alpha value is -0.560. The molecular weight excluding hydrogens is 112 g/mol. The predicted molar refractivity (Wildman–Crippen MR) is 38.1 cm³/mol. The Kier molecular flexibility index (Phi) is 2.06. The van der Waals surface area contributed by atoms with E-state index in [9.17, 15) is 0 Å². The Morgan fingerprint density at radius 2 is 2.56 bits per heavy atom. The van der Waals surface area contributed by atoms with Crippen molar-refractivity contribution in [3.63, 3.8) is 0 Å². The second kappa shape index (κ2) is 2.83. The van der Waals surface area contributed by atoms with E-state index in [2.05, 4.69) is 19.1 Å². The van der Waals surface area contributed by atoms with Crippen LogP contribution in [0.5, 0.6) is 0 Å². The fourth-order valence-corrected chi connectivity index (χ4v) is 1.00. The van der Waals surface area contributed by atoms with Crippen LogP contribution in [0, 0.1) is 5.92 Å². The summed E-state index contributed by atoms with van der Waals surface area (Å²) in [6.07, 6.45) is 7.19. The first-order valence-corrected chi connectivity index (χ1v) is 3.28. The van der Waals surface area contributed by atoms with Crippen molar-refractivity contribution in [3.8, 4) is 0 Å². The summed E-state index contributed by atoms with van der Waals surface area (Å²) in [5.74, 6) is 0.384. The van der Waals surface area contributed by atoms with Crippen LogP contribution in [0.4, 0.5) is 0 Å². The van der Waals surface area contributed by atoms with E-state index in [0.717, 1.165) is 6.42 Å². The van der Waals surface area contributed by atoms with Crippen LogP contribution in [0.25, 0.3) is 0 Å². The van der Waals surface area contributed by atoms with Gasteiger partial charge in [0, 0.05) is 12.5 Å². The van der Waals surface area contributed by atoms with Gasteiger partial charge in [0.05, 0.1) is 0 Å². The first-order chi connectivity index (χ1) is 4.34. The molecule has 0 bridgehead atoms. The van der Waals surface area contributed by atoms with Crippen LogP contribution in [0.1, 0.15) is 13.3 Å². The van der Waals surface area contributed by atoms with Gasteiger partial charge in [0.1, 0.15) is 0 Å². The average Bonchev–Trinajstić information content (AvgIpc) is 1.89. The Morgan fingerprint density at radius 3 is 3.00 bits per heavy atom. The second-order valence-corrected chi connectivity index (χ2v) is 2.45. The van der Waals surface area contributed by atoms with Crippen molar-refractivity contribution in [1.82, 2.24) is 0 Å². The van der Waals surface area contributed by atoms with Gasteiger partial charge in [0.25, 0.3) is 0 Å². The molecule has 1 atom stereocenters. The van der Waals surface area contributed by atoms with Crippen molar-refractivity contribution in [2.45, 2.75) is 13.3 Å². The Balaban J connectivity index is 2.59. The van der Waals surface area contributed by atoms with Crippen molar-refractivity contribution in [2.75, 3.05) is 6.61 Å². The summed E-state index contributed by atoms with van der Waals surface area (Å²) in [6, 6.07) is 0. The Labute approximate surface area is 55.7 Å². The highest BCUT2D eigenvalue weighted by molar-refractivity contribution is 5.18. The Bertz CT molecular complexity index is 145. The van der Waals surface area contributed by atoms with E-state index in [1.165, 1.54) is 5.57 Å². The molecule has 50 valence electrons. The van der Waals surface area contributed by atoms with E-state index < -0.39 is 0 Å². The summed E-state index contributed by atoms with van der Waals surface area (Å²) in [5.41, 5.74) is 1.29. The summed E-state index contributed by atoms with van der Waals surface area (Å²) in [7, 11) is 0. The molecule has 1 N–H and O–H groups in total. The highest BCUT2D eigenvalue weighted by atomic mass is 16.3. The number of rotatable bonds is 1. The molecule has 1 heteroatoms. The minimum Gasteiger partial charge on any atom is -0.396 e. The lowest BCUT2D eigenvalue weighted by Gasteiger charge is -2.14. The molecular formula is C8H12O. The quantitative estimate of drug-likeness (QED) is 0.561. The van der Waals surface area contributed by atoms with Crippen molar-refractivity contribution in [1.29, 1.82) is 0 Å². The van der Waals surface area contributed by atoms with Gasteiger partial charge in [0.2, 0.25) is 0 Å². The number of hydrogen-bond donors (Lipinski definition) is 1. The van der Waals surface area contributed by atoms with Gasteiger partial charge in [-0.3, -0.25) is 0 Å². The highest BCUT2D eigenvalue weighted by Gasteiger charge is 2.08. The predicted octanol–water partition coefficient (Wildman–Crippen LogP) is 1.50. The van der Waals surface area contributed by atoms with E-state index in [0.29, 0.717) is 5.92 Å². The van der Waals surface area contributed by atoms with Gasteiger partial charge in [-0.15, -0.1) is 0 Å². The zero-order valence-corrected chi connectivity index (χ0v) is 5.67. The average molecular weight is 124 g/mol. The molecule has 0 fully saturated rings. The van der Waals surface area contributed by atoms with Gasteiger partial charge in [-0.25, -0.2) is 0 Å². The molecule has 0 spiro atoms. The van der Waals surface area contributed by atoms with E-state index in [1.54, 1.807) is 0 Å². The monoisotopic (exact) mass is 124 g/mol. The van der Waals surface area contributed by atoms with Crippen molar-refractivity contribution >= 4 is 0 Å². The second-order valence-electron chi connectivity index (χ2n) is 2.45. The first-order valence-electron chi connectivity index (χ1n) is 3.28. The molecule has 1 rings (SSSR count). The summed E-state index contributed by atoms with van der Waals surface area (Å²) >= 11 is 0.